The Morgan fingerprint density at radius 2 is 1.78 bits per heavy atom. The van der Waals surface area contributed by atoms with Gasteiger partial charge in [0.2, 0.25) is 0 Å². The van der Waals surface area contributed by atoms with E-state index < -0.39 is 36.3 Å². The summed E-state index contributed by atoms with van der Waals surface area (Å²) in [5, 5.41) is 5.41. The number of hydrogen-bond acceptors (Lipinski definition) is 7. The molecule has 4 rings (SSSR count). The van der Waals surface area contributed by atoms with Gasteiger partial charge in [0.1, 0.15) is 17.3 Å². The molecular weight excluding hydrogens is 541 g/mol. The summed E-state index contributed by atoms with van der Waals surface area (Å²) in [5.41, 5.74) is 7.34. The van der Waals surface area contributed by atoms with E-state index in [0.29, 0.717) is 16.8 Å². The molecule has 0 spiro atoms. The van der Waals surface area contributed by atoms with Crippen molar-refractivity contribution in [2.45, 2.75) is 19.1 Å². The predicted octanol–water partition coefficient (Wildman–Crippen LogP) is 2.75. The van der Waals surface area contributed by atoms with Crippen LogP contribution in [0.3, 0.4) is 0 Å². The first-order valence-corrected chi connectivity index (χ1v) is 12.5. The van der Waals surface area contributed by atoms with E-state index in [2.05, 4.69) is 15.6 Å². The van der Waals surface area contributed by atoms with Crippen LogP contribution in [0.15, 0.2) is 78.4 Å². The summed E-state index contributed by atoms with van der Waals surface area (Å²) in [6.07, 6.45) is -4.54. The molecule has 0 radical (unpaired) electrons. The van der Waals surface area contributed by atoms with Crippen molar-refractivity contribution in [1.82, 2.24) is 5.32 Å². The summed E-state index contributed by atoms with van der Waals surface area (Å²) in [5.74, 6) is -0.552. The molecule has 0 unspecified atom stereocenters. The van der Waals surface area contributed by atoms with Crippen LogP contribution in [0.25, 0.3) is 5.70 Å². The van der Waals surface area contributed by atoms with Crippen LogP contribution in [0.2, 0.25) is 0 Å². The minimum absolute atomic E-state index is 0.0194. The highest BCUT2D eigenvalue weighted by molar-refractivity contribution is 6.02. The van der Waals surface area contributed by atoms with Crippen LogP contribution < -0.4 is 30.8 Å². The second-order valence-electron chi connectivity index (χ2n) is 8.82. The molecule has 0 saturated carbocycles. The number of nitrogens with two attached hydrogens (primary N) is 1. The van der Waals surface area contributed by atoms with Crippen molar-refractivity contribution in [1.29, 1.82) is 0 Å². The Kier molecular flexibility index (Phi) is 8.81. The summed E-state index contributed by atoms with van der Waals surface area (Å²) in [6, 6.07) is 17.6. The average Bonchev–Trinajstić information content (AvgIpc) is 2.95. The fourth-order valence-electron chi connectivity index (χ4n) is 4.22. The molecule has 1 amide bonds. The maximum Gasteiger partial charge on any atom is 0.416 e. The van der Waals surface area contributed by atoms with Crippen molar-refractivity contribution in [3.05, 3.63) is 95.1 Å². The number of nitrogens with one attached hydrogen (secondary N) is 3. The lowest BCUT2D eigenvalue weighted by Crippen LogP contribution is -2.82. The van der Waals surface area contributed by atoms with Crippen LogP contribution in [0.1, 0.15) is 29.7 Å². The number of amides is 1. The molecule has 214 valence electrons. The SMILES string of the molecule is CCOC(=O)C1=C(c2ccccc2)NC(N)=[NH+][C@H]1c1ccc(OCC(=O)Nc2cccc(C(F)(F)F)c2)c(OC)c1. The number of benzene rings is 3. The second-order valence-corrected chi connectivity index (χ2v) is 8.82. The zero-order valence-electron chi connectivity index (χ0n) is 22.2. The van der Waals surface area contributed by atoms with E-state index in [9.17, 15) is 22.8 Å². The van der Waals surface area contributed by atoms with Crippen molar-refractivity contribution in [3.63, 3.8) is 0 Å². The summed E-state index contributed by atoms with van der Waals surface area (Å²) in [6.45, 7) is 1.37. The summed E-state index contributed by atoms with van der Waals surface area (Å²) in [4.78, 5) is 28.6. The monoisotopic (exact) mass is 569 g/mol. The third-order valence-corrected chi connectivity index (χ3v) is 6.03. The predicted molar refractivity (Wildman–Crippen MR) is 145 cm³/mol. The third kappa shape index (κ3) is 6.96. The van der Waals surface area contributed by atoms with Crippen molar-refractivity contribution in [3.8, 4) is 11.5 Å². The number of methoxy groups -OCH3 is 1. The number of halogens is 3. The van der Waals surface area contributed by atoms with Gasteiger partial charge in [-0.05, 0) is 42.8 Å². The van der Waals surface area contributed by atoms with Gasteiger partial charge in [0.05, 0.1) is 19.3 Å². The molecule has 12 heteroatoms. The van der Waals surface area contributed by atoms with Gasteiger partial charge in [0, 0.05) is 11.3 Å². The van der Waals surface area contributed by atoms with Crippen molar-refractivity contribution >= 4 is 29.2 Å². The topological polar surface area (TPSA) is 126 Å². The van der Waals surface area contributed by atoms with Crippen LogP contribution in [-0.2, 0) is 20.5 Å². The zero-order chi connectivity index (χ0) is 29.6. The Balaban J connectivity index is 1.57. The fraction of sp³-hybridized carbons (Fsp3) is 0.207. The Morgan fingerprint density at radius 1 is 1.02 bits per heavy atom. The highest BCUT2D eigenvalue weighted by Crippen LogP contribution is 2.34. The number of rotatable bonds is 9. The first-order valence-electron chi connectivity index (χ1n) is 12.5. The second kappa shape index (κ2) is 12.5. The number of carbonyl (C=O) groups is 2. The molecule has 1 atom stereocenters. The van der Waals surface area contributed by atoms with Gasteiger partial charge in [-0.25, -0.2) is 10.1 Å². The standard InChI is InChI=1S/C29H27F3N4O5/c1-3-40-27(38)24-25(17-8-5-4-6-9-17)35-28(33)36-26(24)18-12-13-21(22(14-18)39-2)41-16-23(37)34-20-11-7-10-19(15-20)29(30,31)32/h4-15,26H,3,16H2,1-2H3,(H,34,37)(H3,33,35,36)/p+1/t26-/m0/s1. The van der Waals surface area contributed by atoms with Crippen LogP contribution in [-0.4, -0.2) is 38.2 Å². The molecular formula is C29H28F3N4O5+. The number of ether oxygens (including phenoxy) is 3. The average molecular weight is 570 g/mol. The largest absolute Gasteiger partial charge is 0.493 e. The van der Waals surface area contributed by atoms with Crippen molar-refractivity contribution < 1.29 is 42.0 Å². The van der Waals surface area contributed by atoms with Gasteiger partial charge in [-0.3, -0.25) is 15.5 Å². The number of carbonyl (C=O) groups excluding carboxylic acids is 2. The lowest BCUT2D eigenvalue weighted by atomic mass is 9.93. The van der Waals surface area contributed by atoms with Gasteiger partial charge in [-0.1, -0.05) is 42.5 Å². The van der Waals surface area contributed by atoms with Crippen LogP contribution >= 0.6 is 0 Å². The third-order valence-electron chi connectivity index (χ3n) is 6.03. The molecule has 0 saturated heterocycles. The molecule has 1 aliphatic heterocycles. The van der Waals surface area contributed by atoms with Crippen molar-refractivity contribution in [2.24, 2.45) is 5.73 Å². The Labute approximate surface area is 233 Å². The molecule has 1 aliphatic rings. The molecule has 3 aromatic carbocycles. The smallest absolute Gasteiger partial charge is 0.416 e. The minimum Gasteiger partial charge on any atom is -0.493 e. The lowest BCUT2D eigenvalue weighted by molar-refractivity contribution is -0.502. The maximum atomic E-state index is 13.1. The molecule has 3 aromatic rings. The van der Waals surface area contributed by atoms with Crippen molar-refractivity contribution in [2.75, 3.05) is 25.6 Å². The number of anilines is 1. The Morgan fingerprint density at radius 3 is 2.46 bits per heavy atom. The first kappa shape index (κ1) is 29.0. The molecule has 9 nitrogen and oxygen atoms in total. The number of esters is 1. The summed E-state index contributed by atoms with van der Waals surface area (Å²) < 4.78 is 55.3. The van der Waals surface area contributed by atoms with Gasteiger partial charge in [0.15, 0.2) is 18.1 Å². The molecule has 41 heavy (non-hydrogen) atoms. The molecule has 5 N–H and O–H groups in total. The van der Waals surface area contributed by atoms with Crippen LogP contribution in [0, 0.1) is 0 Å². The molecule has 0 aliphatic carbocycles. The van der Waals surface area contributed by atoms with E-state index in [-0.39, 0.29) is 29.8 Å². The van der Waals surface area contributed by atoms with E-state index in [1.54, 1.807) is 25.1 Å². The van der Waals surface area contributed by atoms with Gasteiger partial charge in [-0.15, -0.1) is 0 Å². The van der Waals surface area contributed by atoms with E-state index in [1.807, 2.05) is 30.3 Å². The van der Waals surface area contributed by atoms with Gasteiger partial charge in [0.25, 0.3) is 5.91 Å². The highest BCUT2D eigenvalue weighted by Gasteiger charge is 2.35. The number of hydrogen-bond donors (Lipinski definition) is 4. The first-order chi connectivity index (χ1) is 19.6. The Bertz CT molecular complexity index is 1490. The lowest BCUT2D eigenvalue weighted by Gasteiger charge is -2.23. The van der Waals surface area contributed by atoms with Crippen LogP contribution in [0.5, 0.6) is 11.5 Å². The summed E-state index contributed by atoms with van der Waals surface area (Å²) >= 11 is 0. The quantitative estimate of drug-likeness (QED) is 0.292. The van der Waals surface area contributed by atoms with E-state index in [1.165, 1.54) is 19.2 Å². The van der Waals surface area contributed by atoms with E-state index in [4.69, 9.17) is 19.9 Å². The molecule has 1 heterocycles. The van der Waals surface area contributed by atoms with Crippen LogP contribution in [0.4, 0.5) is 18.9 Å². The van der Waals surface area contributed by atoms with E-state index >= 15 is 0 Å². The van der Waals surface area contributed by atoms with E-state index in [0.717, 1.165) is 17.7 Å². The zero-order valence-corrected chi connectivity index (χ0v) is 22.2. The molecule has 0 bridgehead atoms. The number of guanidine groups is 1. The Hall–Kier alpha value is -5.00. The van der Waals surface area contributed by atoms with Gasteiger partial charge in [-0.2, -0.15) is 13.2 Å². The van der Waals surface area contributed by atoms with Gasteiger partial charge < -0.3 is 19.5 Å². The fourth-order valence-corrected chi connectivity index (χ4v) is 4.22. The minimum atomic E-state index is -4.54. The highest BCUT2D eigenvalue weighted by atomic mass is 19.4. The molecule has 0 fully saturated rings. The van der Waals surface area contributed by atoms with Gasteiger partial charge >= 0.3 is 18.1 Å². The maximum absolute atomic E-state index is 13.1. The molecule has 0 aromatic heterocycles. The number of alkyl halides is 3. The summed E-state index contributed by atoms with van der Waals surface area (Å²) in [7, 11) is 1.41. The normalized spacial score (nSPS) is 15.0.